The first-order valence-corrected chi connectivity index (χ1v) is 10.3. The standard InChI is InChI=1S/C23H26N2O3S/c1-25(15-18-11-12-19(27-2)14-20(18)28-3)16-22(26)24-23(21-10-7-13-29-21)17-8-5-4-6-9-17/h4-14,23H,15-16H2,1-3H3,(H,24,26)/t23-/m1/s1. The summed E-state index contributed by atoms with van der Waals surface area (Å²) in [6.07, 6.45) is 0. The Kier molecular flexibility index (Phi) is 7.27. The quantitative estimate of drug-likeness (QED) is 0.577. The molecule has 6 heteroatoms. The molecule has 0 fully saturated rings. The van der Waals surface area contributed by atoms with Crippen molar-refractivity contribution < 1.29 is 14.3 Å². The number of likely N-dealkylation sites (N-methyl/N-ethyl adjacent to an activating group) is 1. The highest BCUT2D eigenvalue weighted by Gasteiger charge is 2.19. The van der Waals surface area contributed by atoms with E-state index in [2.05, 4.69) is 11.4 Å². The van der Waals surface area contributed by atoms with Crippen molar-refractivity contribution in [2.24, 2.45) is 0 Å². The van der Waals surface area contributed by atoms with Crippen LogP contribution in [-0.4, -0.2) is 38.6 Å². The molecule has 3 aromatic rings. The number of methoxy groups -OCH3 is 2. The number of amides is 1. The average Bonchev–Trinajstić information content (AvgIpc) is 3.27. The van der Waals surface area contributed by atoms with Crippen LogP contribution in [0.3, 0.4) is 0 Å². The van der Waals surface area contributed by atoms with E-state index in [1.54, 1.807) is 25.6 Å². The maximum absolute atomic E-state index is 12.8. The van der Waals surface area contributed by atoms with Crippen molar-refractivity contribution in [1.82, 2.24) is 10.2 Å². The van der Waals surface area contributed by atoms with Crippen molar-refractivity contribution in [2.75, 3.05) is 27.8 Å². The molecule has 0 unspecified atom stereocenters. The summed E-state index contributed by atoms with van der Waals surface area (Å²) in [7, 11) is 5.18. The molecular formula is C23H26N2O3S. The van der Waals surface area contributed by atoms with Gasteiger partial charge in [-0.3, -0.25) is 9.69 Å². The Morgan fingerprint density at radius 1 is 1.07 bits per heavy atom. The first-order valence-electron chi connectivity index (χ1n) is 9.38. The van der Waals surface area contributed by atoms with Crippen LogP contribution in [-0.2, 0) is 11.3 Å². The van der Waals surface area contributed by atoms with Gasteiger partial charge in [0.25, 0.3) is 0 Å². The number of hydrogen-bond donors (Lipinski definition) is 1. The number of nitrogens with one attached hydrogen (secondary N) is 1. The summed E-state index contributed by atoms with van der Waals surface area (Å²) in [5, 5.41) is 5.21. The number of thiophene rings is 1. The van der Waals surface area contributed by atoms with Gasteiger partial charge in [-0.25, -0.2) is 0 Å². The summed E-state index contributed by atoms with van der Waals surface area (Å²) < 4.78 is 10.7. The molecule has 1 heterocycles. The lowest BCUT2D eigenvalue weighted by atomic mass is 10.1. The molecule has 1 atom stereocenters. The van der Waals surface area contributed by atoms with Crippen LogP contribution in [0.2, 0.25) is 0 Å². The summed E-state index contributed by atoms with van der Waals surface area (Å²) in [6, 6.07) is 19.7. The molecule has 0 bridgehead atoms. The van der Waals surface area contributed by atoms with Gasteiger partial charge < -0.3 is 14.8 Å². The Bertz CT molecular complexity index is 913. The Hall–Kier alpha value is -2.83. The van der Waals surface area contributed by atoms with Crippen LogP contribution in [0.4, 0.5) is 0 Å². The summed E-state index contributed by atoms with van der Waals surface area (Å²) in [5.74, 6) is 1.47. The number of ether oxygens (including phenoxy) is 2. The summed E-state index contributed by atoms with van der Waals surface area (Å²) in [6.45, 7) is 0.874. The molecule has 3 rings (SSSR count). The van der Waals surface area contributed by atoms with Gasteiger partial charge in [0.15, 0.2) is 0 Å². The van der Waals surface area contributed by atoms with Gasteiger partial charge in [-0.2, -0.15) is 0 Å². The lowest BCUT2D eigenvalue weighted by Crippen LogP contribution is -2.37. The predicted molar refractivity (Wildman–Crippen MR) is 117 cm³/mol. The number of nitrogens with zero attached hydrogens (tertiary/aromatic N) is 1. The Morgan fingerprint density at radius 3 is 2.52 bits per heavy atom. The number of hydrogen-bond acceptors (Lipinski definition) is 5. The molecule has 0 saturated heterocycles. The third kappa shape index (κ3) is 5.59. The summed E-state index contributed by atoms with van der Waals surface area (Å²) in [5.41, 5.74) is 2.07. The second-order valence-electron chi connectivity index (χ2n) is 6.78. The highest BCUT2D eigenvalue weighted by Crippen LogP contribution is 2.27. The van der Waals surface area contributed by atoms with Gasteiger partial charge >= 0.3 is 0 Å². The Balaban J connectivity index is 1.66. The maximum Gasteiger partial charge on any atom is 0.234 e. The second kappa shape index (κ2) is 10.1. The van der Waals surface area contributed by atoms with E-state index < -0.39 is 0 Å². The van der Waals surface area contributed by atoms with Crippen LogP contribution in [0.5, 0.6) is 11.5 Å². The summed E-state index contributed by atoms with van der Waals surface area (Å²) in [4.78, 5) is 15.9. The predicted octanol–water partition coefficient (Wildman–Crippen LogP) is 4.10. The largest absolute Gasteiger partial charge is 0.497 e. The molecule has 152 valence electrons. The van der Waals surface area contributed by atoms with Gasteiger partial charge in [-0.1, -0.05) is 42.5 Å². The molecule has 0 radical (unpaired) electrons. The Morgan fingerprint density at radius 2 is 1.86 bits per heavy atom. The van der Waals surface area contributed by atoms with Crippen molar-refractivity contribution in [3.63, 3.8) is 0 Å². The minimum Gasteiger partial charge on any atom is -0.497 e. The molecular weight excluding hydrogens is 384 g/mol. The van der Waals surface area contributed by atoms with Gasteiger partial charge in [0, 0.05) is 23.1 Å². The highest BCUT2D eigenvalue weighted by atomic mass is 32.1. The molecule has 29 heavy (non-hydrogen) atoms. The smallest absolute Gasteiger partial charge is 0.234 e. The van der Waals surface area contributed by atoms with Gasteiger partial charge in [-0.05, 0) is 30.1 Å². The monoisotopic (exact) mass is 410 g/mol. The van der Waals surface area contributed by atoms with Gasteiger partial charge in [0.1, 0.15) is 11.5 Å². The lowest BCUT2D eigenvalue weighted by molar-refractivity contribution is -0.122. The van der Waals surface area contributed by atoms with E-state index in [0.717, 1.165) is 27.5 Å². The molecule has 0 saturated carbocycles. The maximum atomic E-state index is 12.8. The zero-order chi connectivity index (χ0) is 20.6. The minimum atomic E-state index is -0.146. The average molecular weight is 411 g/mol. The zero-order valence-electron chi connectivity index (χ0n) is 16.9. The molecule has 0 aliphatic rings. The molecule has 5 nitrogen and oxygen atoms in total. The molecule has 0 aliphatic heterocycles. The van der Waals surface area contributed by atoms with E-state index in [1.807, 2.05) is 71.9 Å². The second-order valence-corrected chi connectivity index (χ2v) is 7.76. The third-order valence-corrected chi connectivity index (χ3v) is 5.55. The first-order chi connectivity index (χ1) is 14.1. The molecule has 1 N–H and O–H groups in total. The van der Waals surface area contributed by atoms with Crippen LogP contribution in [0.25, 0.3) is 0 Å². The fourth-order valence-corrected chi connectivity index (χ4v) is 4.00. The van der Waals surface area contributed by atoms with E-state index in [4.69, 9.17) is 9.47 Å². The molecule has 1 aromatic heterocycles. The van der Waals surface area contributed by atoms with E-state index >= 15 is 0 Å². The van der Waals surface area contributed by atoms with Gasteiger partial charge in [0.2, 0.25) is 5.91 Å². The van der Waals surface area contributed by atoms with Crippen LogP contribution in [0, 0.1) is 0 Å². The number of rotatable bonds is 9. The topological polar surface area (TPSA) is 50.8 Å². The van der Waals surface area contributed by atoms with Gasteiger partial charge in [-0.15, -0.1) is 11.3 Å². The van der Waals surface area contributed by atoms with E-state index in [1.165, 1.54) is 0 Å². The normalized spacial score (nSPS) is 11.9. The zero-order valence-corrected chi connectivity index (χ0v) is 17.7. The fraction of sp³-hybridized carbons (Fsp3) is 0.261. The Labute approximate surface area is 175 Å². The SMILES string of the molecule is COc1ccc(CN(C)CC(=O)N[C@H](c2ccccc2)c2cccs2)c(OC)c1. The minimum absolute atomic E-state index is 0.0257. The molecule has 1 amide bonds. The van der Waals surface area contributed by atoms with Crippen LogP contribution in [0.1, 0.15) is 22.0 Å². The van der Waals surface area contributed by atoms with Crippen molar-refractivity contribution in [1.29, 1.82) is 0 Å². The van der Waals surface area contributed by atoms with Crippen molar-refractivity contribution >= 4 is 17.2 Å². The highest BCUT2D eigenvalue weighted by molar-refractivity contribution is 7.10. The van der Waals surface area contributed by atoms with E-state index in [-0.39, 0.29) is 18.5 Å². The van der Waals surface area contributed by atoms with Gasteiger partial charge in [0.05, 0.1) is 26.8 Å². The van der Waals surface area contributed by atoms with Crippen molar-refractivity contribution in [3.8, 4) is 11.5 Å². The molecule has 0 aliphatic carbocycles. The van der Waals surface area contributed by atoms with Crippen molar-refractivity contribution in [3.05, 3.63) is 82.0 Å². The molecule has 0 spiro atoms. The van der Waals surface area contributed by atoms with Crippen LogP contribution in [0.15, 0.2) is 66.0 Å². The van der Waals surface area contributed by atoms with E-state index in [0.29, 0.717) is 6.54 Å². The van der Waals surface area contributed by atoms with E-state index in [9.17, 15) is 4.79 Å². The summed E-state index contributed by atoms with van der Waals surface area (Å²) >= 11 is 1.64. The van der Waals surface area contributed by atoms with Crippen LogP contribution >= 0.6 is 11.3 Å². The first kappa shape index (κ1) is 20.9. The fourth-order valence-electron chi connectivity index (χ4n) is 3.20. The molecule has 2 aromatic carbocycles. The lowest BCUT2D eigenvalue weighted by Gasteiger charge is -2.22. The number of carbonyl (C=O) groups excluding carboxylic acids is 1. The number of benzene rings is 2. The van der Waals surface area contributed by atoms with Crippen LogP contribution < -0.4 is 14.8 Å². The van der Waals surface area contributed by atoms with Crippen molar-refractivity contribution in [2.45, 2.75) is 12.6 Å². The third-order valence-electron chi connectivity index (χ3n) is 4.61. The number of carbonyl (C=O) groups is 1.